The number of aromatic nitrogens is 2. The largest absolute Gasteiger partial charge is 0.490 e. The molecular weight excluding hydrogens is 474 g/mol. The predicted octanol–water partition coefficient (Wildman–Crippen LogP) is 6.20. The Kier molecular flexibility index (Phi) is 7.50. The van der Waals surface area contributed by atoms with Crippen molar-refractivity contribution < 1.29 is 13.5 Å². The second-order valence-electron chi connectivity index (χ2n) is 7.89. The van der Waals surface area contributed by atoms with E-state index in [1.165, 1.54) is 11.9 Å². The van der Waals surface area contributed by atoms with E-state index < -0.39 is 11.6 Å². The Morgan fingerprint density at radius 1 is 1.19 bits per heavy atom. The molecule has 2 aromatic carbocycles. The molecule has 5 nitrogen and oxygen atoms in total. The van der Waals surface area contributed by atoms with Crippen LogP contribution in [-0.2, 0) is 5.41 Å². The smallest absolute Gasteiger partial charge is 0.212 e. The molecule has 3 aromatic rings. The van der Waals surface area contributed by atoms with Crippen molar-refractivity contribution in [1.29, 1.82) is 0 Å². The predicted molar refractivity (Wildman–Crippen MR) is 125 cm³/mol. The Morgan fingerprint density at radius 2 is 1.94 bits per heavy atom. The summed E-state index contributed by atoms with van der Waals surface area (Å²) in [5, 5.41) is 1.19. The van der Waals surface area contributed by atoms with Gasteiger partial charge in [-0.15, -0.1) is 0 Å². The highest BCUT2D eigenvalue weighted by molar-refractivity contribution is 8.00. The molecule has 170 valence electrons. The summed E-state index contributed by atoms with van der Waals surface area (Å²) in [5.41, 5.74) is 7.19. The van der Waals surface area contributed by atoms with Crippen molar-refractivity contribution in [3.63, 3.8) is 0 Å². The van der Waals surface area contributed by atoms with Gasteiger partial charge in [0, 0.05) is 28.7 Å². The van der Waals surface area contributed by atoms with Crippen molar-refractivity contribution in [3.8, 4) is 5.75 Å². The fraction of sp³-hybridized carbons (Fsp3) is 0.364. The van der Waals surface area contributed by atoms with Crippen molar-refractivity contribution in [1.82, 2.24) is 9.36 Å². The Morgan fingerprint density at radius 3 is 2.62 bits per heavy atom. The Labute approximate surface area is 199 Å². The van der Waals surface area contributed by atoms with Gasteiger partial charge >= 0.3 is 0 Å². The van der Waals surface area contributed by atoms with Gasteiger partial charge in [-0.2, -0.15) is 4.37 Å². The highest BCUT2D eigenvalue weighted by atomic mass is 35.5. The average Bonchev–Trinajstić information content (AvgIpc) is 3.31. The van der Waals surface area contributed by atoms with Gasteiger partial charge in [0.1, 0.15) is 12.1 Å². The lowest BCUT2D eigenvalue weighted by Crippen LogP contribution is -2.38. The van der Waals surface area contributed by atoms with Gasteiger partial charge in [-0.3, -0.25) is 0 Å². The molecule has 0 amide bonds. The van der Waals surface area contributed by atoms with Gasteiger partial charge < -0.3 is 15.2 Å². The van der Waals surface area contributed by atoms with Gasteiger partial charge in [-0.25, -0.2) is 13.8 Å². The van der Waals surface area contributed by atoms with Crippen molar-refractivity contribution in [2.45, 2.75) is 48.5 Å². The standard InChI is InChI=1S/C22H23ClF2N4OS2/c23-15-3-1-14(2-4-15)22(7-5-16(26)6-8-22)9-10-30-19-11-18(25)20(12-17(19)24)31-29-21-27-13-28-32-21/h1-4,11-13,16H,5-10,26H2,(H,27,28,29). The molecule has 0 unspecified atom stereocenters. The summed E-state index contributed by atoms with van der Waals surface area (Å²) in [6.45, 7) is 0.268. The molecule has 0 saturated heterocycles. The Bertz CT molecular complexity index is 1030. The fourth-order valence-corrected chi connectivity index (χ4v) is 5.31. The summed E-state index contributed by atoms with van der Waals surface area (Å²) in [6.07, 6.45) is 5.74. The first-order valence-electron chi connectivity index (χ1n) is 10.3. The molecule has 4 rings (SSSR count). The van der Waals surface area contributed by atoms with Crippen molar-refractivity contribution >= 4 is 40.2 Å². The third kappa shape index (κ3) is 5.51. The molecule has 0 bridgehead atoms. The van der Waals surface area contributed by atoms with Crippen molar-refractivity contribution in [3.05, 3.63) is 64.9 Å². The number of rotatable bonds is 8. The summed E-state index contributed by atoms with van der Waals surface area (Å²) < 4.78 is 41.5. The SMILES string of the molecule is NC1CCC(CCOc2cc(F)c(SNc3ncns3)cc2F)(c2ccc(Cl)cc2)CC1. The zero-order chi connectivity index (χ0) is 22.6. The highest BCUT2D eigenvalue weighted by Crippen LogP contribution is 2.42. The number of hydrogen-bond donors (Lipinski definition) is 2. The van der Waals surface area contributed by atoms with Gasteiger partial charge in [0.2, 0.25) is 5.13 Å². The minimum absolute atomic E-state index is 0.0958. The highest BCUT2D eigenvalue weighted by Gasteiger charge is 2.36. The molecule has 0 aliphatic heterocycles. The molecule has 1 aliphatic rings. The quantitative estimate of drug-likeness (QED) is 0.362. The van der Waals surface area contributed by atoms with E-state index in [2.05, 4.69) is 14.1 Å². The molecule has 1 saturated carbocycles. The maximum Gasteiger partial charge on any atom is 0.212 e. The summed E-state index contributed by atoms with van der Waals surface area (Å²) >= 11 is 8.13. The van der Waals surface area contributed by atoms with E-state index in [0.29, 0.717) is 16.6 Å². The number of benzene rings is 2. The number of hydrogen-bond acceptors (Lipinski definition) is 7. The van der Waals surface area contributed by atoms with Gasteiger partial charge in [-0.1, -0.05) is 23.7 Å². The molecule has 1 aromatic heterocycles. The molecule has 1 fully saturated rings. The minimum atomic E-state index is -0.612. The lowest BCUT2D eigenvalue weighted by molar-refractivity contribution is 0.196. The lowest BCUT2D eigenvalue weighted by Gasteiger charge is -2.40. The maximum absolute atomic E-state index is 14.6. The van der Waals surface area contributed by atoms with Crippen LogP contribution in [0.3, 0.4) is 0 Å². The molecular formula is C22H23ClF2N4OS2. The average molecular weight is 497 g/mol. The lowest BCUT2D eigenvalue weighted by atomic mass is 9.66. The van der Waals surface area contributed by atoms with Crippen LogP contribution in [-0.4, -0.2) is 22.0 Å². The Hall–Kier alpha value is -1.94. The van der Waals surface area contributed by atoms with Gasteiger partial charge in [-0.05, 0) is 73.2 Å². The third-order valence-electron chi connectivity index (χ3n) is 5.88. The van der Waals surface area contributed by atoms with Crippen LogP contribution >= 0.6 is 35.1 Å². The molecule has 0 spiro atoms. The maximum atomic E-state index is 14.6. The van der Waals surface area contributed by atoms with E-state index in [1.807, 2.05) is 24.3 Å². The second-order valence-corrected chi connectivity index (χ2v) is 9.95. The molecule has 0 radical (unpaired) electrons. The number of anilines is 1. The van der Waals surface area contributed by atoms with E-state index in [-0.39, 0.29) is 28.7 Å². The van der Waals surface area contributed by atoms with Crippen LogP contribution < -0.4 is 15.2 Å². The van der Waals surface area contributed by atoms with E-state index in [4.69, 9.17) is 22.1 Å². The molecule has 1 aliphatic carbocycles. The molecule has 10 heteroatoms. The van der Waals surface area contributed by atoms with Gasteiger partial charge in [0.25, 0.3) is 0 Å². The summed E-state index contributed by atoms with van der Waals surface area (Å²) in [6, 6.07) is 10.3. The van der Waals surface area contributed by atoms with Crippen LogP contribution in [0.5, 0.6) is 5.75 Å². The fourth-order valence-electron chi connectivity index (χ4n) is 4.05. The molecule has 32 heavy (non-hydrogen) atoms. The zero-order valence-corrected chi connectivity index (χ0v) is 19.6. The number of nitrogens with one attached hydrogen (secondary N) is 1. The second kappa shape index (κ2) is 10.3. The zero-order valence-electron chi connectivity index (χ0n) is 17.2. The summed E-state index contributed by atoms with van der Waals surface area (Å²) in [4.78, 5) is 4.06. The first kappa shape index (κ1) is 23.2. The topological polar surface area (TPSA) is 73.1 Å². The van der Waals surface area contributed by atoms with Crippen LogP contribution in [0.2, 0.25) is 5.02 Å². The Balaban J connectivity index is 1.42. The van der Waals surface area contributed by atoms with Gasteiger partial charge in [0.15, 0.2) is 11.6 Å². The molecule has 0 atom stereocenters. The summed E-state index contributed by atoms with van der Waals surface area (Å²) in [5.74, 6) is -1.28. The number of ether oxygens (including phenoxy) is 1. The van der Waals surface area contributed by atoms with Crippen LogP contribution in [0.25, 0.3) is 0 Å². The first-order valence-corrected chi connectivity index (χ1v) is 12.2. The van der Waals surface area contributed by atoms with Crippen LogP contribution in [0.1, 0.15) is 37.7 Å². The number of nitrogens with two attached hydrogens (primary N) is 1. The molecule has 3 N–H and O–H groups in total. The first-order chi connectivity index (χ1) is 15.4. The summed E-state index contributed by atoms with van der Waals surface area (Å²) in [7, 11) is 0. The van der Waals surface area contributed by atoms with Crippen LogP contribution in [0.4, 0.5) is 13.9 Å². The van der Waals surface area contributed by atoms with Gasteiger partial charge in [0.05, 0.1) is 11.5 Å². The van der Waals surface area contributed by atoms with E-state index in [9.17, 15) is 8.78 Å². The number of halogens is 3. The van der Waals surface area contributed by atoms with E-state index in [0.717, 1.165) is 61.3 Å². The molecule has 1 heterocycles. The van der Waals surface area contributed by atoms with Crippen LogP contribution in [0, 0.1) is 11.6 Å². The van der Waals surface area contributed by atoms with E-state index >= 15 is 0 Å². The van der Waals surface area contributed by atoms with Crippen molar-refractivity contribution in [2.24, 2.45) is 5.73 Å². The third-order valence-corrected chi connectivity index (χ3v) is 7.67. The van der Waals surface area contributed by atoms with Crippen molar-refractivity contribution in [2.75, 3.05) is 11.3 Å². The normalized spacial score (nSPS) is 20.8. The number of nitrogens with zero attached hydrogens (tertiary/aromatic N) is 2. The minimum Gasteiger partial charge on any atom is -0.490 e. The monoisotopic (exact) mass is 496 g/mol. The van der Waals surface area contributed by atoms with E-state index in [1.54, 1.807) is 0 Å². The van der Waals surface area contributed by atoms with Crippen LogP contribution in [0.15, 0.2) is 47.6 Å².